The van der Waals surface area contributed by atoms with Crippen molar-refractivity contribution in [1.29, 1.82) is 0 Å². The van der Waals surface area contributed by atoms with Gasteiger partial charge in [0, 0.05) is 42.9 Å². The van der Waals surface area contributed by atoms with Crippen LogP contribution in [0.15, 0.2) is 40.9 Å². The molecule has 9 nitrogen and oxygen atoms in total. The summed E-state index contributed by atoms with van der Waals surface area (Å²) in [5.41, 5.74) is 1.25. The maximum Gasteiger partial charge on any atom is 0.254 e. The first kappa shape index (κ1) is 21.5. The highest BCUT2D eigenvalue weighted by atomic mass is 16.5. The molecule has 1 saturated heterocycles. The molecule has 4 heterocycles. The van der Waals surface area contributed by atoms with Crippen LogP contribution in [-0.2, 0) is 21.5 Å². The number of Topliss-reactive ketones (excluding diaryl/α,β-unsaturated/α-hetero) is 1. The first-order valence-corrected chi connectivity index (χ1v) is 11.6. The normalized spacial score (nSPS) is 21.5. The van der Waals surface area contributed by atoms with Crippen molar-refractivity contribution in [1.82, 2.24) is 15.2 Å². The molecule has 0 bridgehead atoms. The smallest absolute Gasteiger partial charge is 0.254 e. The second-order valence-electron chi connectivity index (χ2n) is 9.61. The number of amides is 3. The number of benzene rings is 1. The average molecular weight is 473 g/mol. The molecule has 178 valence electrons. The van der Waals surface area contributed by atoms with Crippen LogP contribution >= 0.6 is 0 Å². The zero-order valence-corrected chi connectivity index (χ0v) is 19.1. The summed E-state index contributed by atoms with van der Waals surface area (Å²) in [5, 5.41) is 2.37. The summed E-state index contributed by atoms with van der Waals surface area (Å²) in [4.78, 5) is 57.1. The monoisotopic (exact) mass is 473 g/mol. The number of hydrogen-bond acceptors (Lipinski definition) is 7. The van der Waals surface area contributed by atoms with Crippen LogP contribution < -0.4 is 10.1 Å². The molecule has 2 aromatic heterocycles. The van der Waals surface area contributed by atoms with Crippen LogP contribution in [0.1, 0.15) is 57.7 Å². The van der Waals surface area contributed by atoms with Crippen LogP contribution in [0.25, 0.3) is 11.1 Å². The van der Waals surface area contributed by atoms with Gasteiger partial charge in [-0.2, -0.15) is 0 Å². The molecular formula is C26H23N3O6. The van der Waals surface area contributed by atoms with Gasteiger partial charge in [-0.3, -0.25) is 29.5 Å². The Morgan fingerprint density at radius 1 is 1.23 bits per heavy atom. The van der Waals surface area contributed by atoms with Gasteiger partial charge in [0.25, 0.3) is 5.91 Å². The van der Waals surface area contributed by atoms with Crippen molar-refractivity contribution >= 4 is 34.6 Å². The van der Waals surface area contributed by atoms with E-state index in [1.807, 2.05) is 6.07 Å². The molecule has 6 rings (SSSR count). The van der Waals surface area contributed by atoms with E-state index in [4.69, 9.17) is 9.15 Å². The van der Waals surface area contributed by atoms with Crippen LogP contribution in [0.4, 0.5) is 0 Å². The molecule has 0 unspecified atom stereocenters. The van der Waals surface area contributed by atoms with Gasteiger partial charge in [0.05, 0.1) is 13.5 Å². The maximum absolute atomic E-state index is 13.2. The van der Waals surface area contributed by atoms with Crippen LogP contribution in [0.2, 0.25) is 0 Å². The molecule has 3 aliphatic rings. The Bertz CT molecular complexity index is 1420. The van der Waals surface area contributed by atoms with Crippen molar-refractivity contribution in [3.05, 3.63) is 59.0 Å². The van der Waals surface area contributed by atoms with E-state index >= 15 is 0 Å². The van der Waals surface area contributed by atoms with E-state index in [0.29, 0.717) is 46.9 Å². The first-order valence-electron chi connectivity index (χ1n) is 11.6. The Morgan fingerprint density at radius 3 is 2.77 bits per heavy atom. The molecule has 1 atom stereocenters. The standard InChI is InChI=1S/C26H23N3O6/c1-34-17-5-4-15-12-29(24(32)18(15)8-17)13-26(10-23(31)28-25(26)33)22-9-19-21(35-22)7-16(11-27-19)20(30)6-14-2-3-14/h4-5,7-9,11,14H,2-3,6,10,12-13H2,1H3,(H,28,31,33)/t26-/m1/s1. The highest BCUT2D eigenvalue weighted by Crippen LogP contribution is 2.39. The molecule has 1 N–H and O–H groups in total. The predicted molar refractivity (Wildman–Crippen MR) is 123 cm³/mol. The van der Waals surface area contributed by atoms with Crippen molar-refractivity contribution < 1.29 is 28.3 Å². The number of aromatic nitrogens is 1. The van der Waals surface area contributed by atoms with E-state index in [0.717, 1.165) is 18.4 Å². The first-order chi connectivity index (χ1) is 16.9. The number of ether oxygens (including phenoxy) is 1. The maximum atomic E-state index is 13.2. The highest BCUT2D eigenvalue weighted by Gasteiger charge is 2.53. The second-order valence-corrected chi connectivity index (χ2v) is 9.61. The van der Waals surface area contributed by atoms with Gasteiger partial charge in [-0.1, -0.05) is 6.07 Å². The fourth-order valence-electron chi connectivity index (χ4n) is 4.98. The largest absolute Gasteiger partial charge is 0.497 e. The zero-order chi connectivity index (χ0) is 24.3. The quantitative estimate of drug-likeness (QED) is 0.414. The number of hydrogen-bond donors (Lipinski definition) is 1. The Hall–Kier alpha value is -4.01. The van der Waals surface area contributed by atoms with Gasteiger partial charge in [-0.25, -0.2) is 0 Å². The van der Waals surface area contributed by atoms with Gasteiger partial charge < -0.3 is 14.1 Å². The molecule has 3 aromatic rings. The fourth-order valence-corrected chi connectivity index (χ4v) is 4.98. The number of nitrogens with zero attached hydrogens (tertiary/aromatic N) is 2. The SMILES string of the molecule is COc1ccc2c(c1)C(=O)N(C[C@@]1(c3cc4ncc(C(=O)CC5CC5)cc4o3)CC(=O)NC1=O)C2. The molecule has 1 saturated carbocycles. The third-order valence-electron chi connectivity index (χ3n) is 7.14. The Balaban J connectivity index is 1.34. The number of imide groups is 1. The molecule has 1 aromatic carbocycles. The fraction of sp³-hybridized carbons (Fsp3) is 0.346. The van der Waals surface area contributed by atoms with Crippen LogP contribution in [0.5, 0.6) is 5.75 Å². The summed E-state index contributed by atoms with van der Waals surface area (Å²) in [6.45, 7) is 0.271. The van der Waals surface area contributed by atoms with Crippen molar-refractivity contribution in [3.8, 4) is 5.75 Å². The molecular weight excluding hydrogens is 450 g/mol. The third kappa shape index (κ3) is 3.58. The molecule has 3 amide bonds. The molecule has 1 aliphatic carbocycles. The minimum atomic E-state index is -1.39. The molecule has 9 heteroatoms. The van der Waals surface area contributed by atoms with Crippen molar-refractivity contribution in [2.45, 2.75) is 37.6 Å². The Morgan fingerprint density at radius 2 is 2.06 bits per heavy atom. The Kier molecular flexibility index (Phi) is 4.77. The lowest BCUT2D eigenvalue weighted by molar-refractivity contribution is -0.127. The summed E-state index contributed by atoms with van der Waals surface area (Å²) < 4.78 is 11.3. The van der Waals surface area contributed by atoms with E-state index in [-0.39, 0.29) is 30.4 Å². The number of furan rings is 1. The van der Waals surface area contributed by atoms with Crippen molar-refractivity contribution in [2.75, 3.05) is 13.7 Å². The highest BCUT2D eigenvalue weighted by molar-refractivity contribution is 6.10. The summed E-state index contributed by atoms with van der Waals surface area (Å²) in [6, 6.07) is 8.55. The number of methoxy groups -OCH3 is 1. The number of carbonyl (C=O) groups is 4. The number of ketones is 1. The molecule has 0 radical (unpaired) electrons. The van der Waals surface area contributed by atoms with E-state index in [2.05, 4.69) is 10.3 Å². The summed E-state index contributed by atoms with van der Waals surface area (Å²) in [7, 11) is 1.53. The molecule has 0 spiro atoms. The zero-order valence-electron chi connectivity index (χ0n) is 19.1. The lowest BCUT2D eigenvalue weighted by atomic mass is 9.82. The van der Waals surface area contributed by atoms with Crippen molar-refractivity contribution in [3.63, 3.8) is 0 Å². The number of carbonyl (C=O) groups excluding carboxylic acids is 4. The van der Waals surface area contributed by atoms with E-state index in [9.17, 15) is 19.2 Å². The topological polar surface area (TPSA) is 119 Å². The summed E-state index contributed by atoms with van der Waals surface area (Å²) in [5.74, 6) is 0.0764. The summed E-state index contributed by atoms with van der Waals surface area (Å²) >= 11 is 0. The van der Waals surface area contributed by atoms with Crippen molar-refractivity contribution in [2.24, 2.45) is 5.92 Å². The summed E-state index contributed by atoms with van der Waals surface area (Å²) in [6.07, 6.45) is 4.01. The number of fused-ring (bicyclic) bond motifs is 2. The molecule has 2 fully saturated rings. The number of nitrogens with one attached hydrogen (secondary N) is 1. The third-order valence-corrected chi connectivity index (χ3v) is 7.14. The minimum Gasteiger partial charge on any atom is -0.497 e. The van der Waals surface area contributed by atoms with Gasteiger partial charge in [-0.05, 0) is 42.5 Å². The number of pyridine rings is 1. The second kappa shape index (κ2) is 7.76. The van der Waals surface area contributed by atoms with Crippen LogP contribution in [-0.4, -0.2) is 47.0 Å². The predicted octanol–water partition coefficient (Wildman–Crippen LogP) is 2.76. The van der Waals surface area contributed by atoms with Crippen LogP contribution in [0.3, 0.4) is 0 Å². The lowest BCUT2D eigenvalue weighted by Crippen LogP contribution is -2.46. The minimum absolute atomic E-state index is 0.0132. The van der Waals surface area contributed by atoms with Gasteiger partial charge in [0.15, 0.2) is 11.4 Å². The van der Waals surface area contributed by atoms with Gasteiger partial charge in [0.1, 0.15) is 22.4 Å². The lowest BCUT2D eigenvalue weighted by Gasteiger charge is -2.28. The van der Waals surface area contributed by atoms with Gasteiger partial charge in [0.2, 0.25) is 11.8 Å². The van der Waals surface area contributed by atoms with Gasteiger partial charge >= 0.3 is 0 Å². The van der Waals surface area contributed by atoms with E-state index in [1.165, 1.54) is 13.3 Å². The average Bonchev–Trinajstić information content (AvgIpc) is 3.35. The van der Waals surface area contributed by atoms with Gasteiger partial charge in [-0.15, -0.1) is 0 Å². The van der Waals surface area contributed by atoms with Crippen LogP contribution in [0, 0.1) is 5.92 Å². The molecule has 2 aliphatic heterocycles. The van der Waals surface area contributed by atoms with E-state index in [1.54, 1.807) is 29.2 Å². The number of rotatable bonds is 7. The Labute approximate surface area is 200 Å². The molecule has 35 heavy (non-hydrogen) atoms. The van der Waals surface area contributed by atoms with E-state index < -0.39 is 17.2 Å².